The number of hydrogen-bond donors (Lipinski definition) is 1. The van der Waals surface area contributed by atoms with Crippen molar-refractivity contribution in [2.45, 2.75) is 57.5 Å². The van der Waals surface area contributed by atoms with Crippen molar-refractivity contribution in [3.05, 3.63) is 39.6 Å². The zero-order chi connectivity index (χ0) is 15.6. The maximum atomic E-state index is 12.3. The second-order valence-electron chi connectivity index (χ2n) is 8.11. The fraction of sp³-hybridized carbons (Fsp3) is 0.684. The molecule has 1 aromatic rings. The highest BCUT2D eigenvalue weighted by atomic mass is 16.1. The van der Waals surface area contributed by atoms with Gasteiger partial charge in [-0.05, 0) is 56.8 Å². The number of fused-ring (bicyclic) bond motifs is 5. The van der Waals surface area contributed by atoms with Crippen LogP contribution in [-0.2, 0) is 12.8 Å². The van der Waals surface area contributed by atoms with Gasteiger partial charge in [-0.3, -0.25) is 9.69 Å². The van der Waals surface area contributed by atoms with Gasteiger partial charge in [0.2, 0.25) is 0 Å². The van der Waals surface area contributed by atoms with Crippen LogP contribution in [0, 0.1) is 24.7 Å². The van der Waals surface area contributed by atoms with E-state index in [-0.39, 0.29) is 5.56 Å². The smallest absolute Gasteiger partial charge is 0.254 e. The molecule has 4 bridgehead atoms. The summed E-state index contributed by atoms with van der Waals surface area (Å²) in [4.78, 5) is 22.7. The van der Waals surface area contributed by atoms with Gasteiger partial charge in [0.05, 0.1) is 5.69 Å². The van der Waals surface area contributed by atoms with Gasteiger partial charge in [0, 0.05) is 30.6 Å². The highest BCUT2D eigenvalue weighted by Crippen LogP contribution is 2.45. The monoisotopic (exact) mass is 311 g/mol. The molecule has 1 saturated carbocycles. The highest BCUT2D eigenvalue weighted by Gasteiger charge is 2.42. The van der Waals surface area contributed by atoms with Crippen molar-refractivity contribution >= 4 is 0 Å². The fourth-order valence-corrected chi connectivity index (χ4v) is 5.63. The van der Waals surface area contributed by atoms with Gasteiger partial charge in [0.25, 0.3) is 5.56 Å². The van der Waals surface area contributed by atoms with Crippen LogP contribution in [0.5, 0.6) is 0 Å². The summed E-state index contributed by atoms with van der Waals surface area (Å²) in [6.07, 6.45) is 12.0. The molecule has 5 unspecified atom stereocenters. The van der Waals surface area contributed by atoms with Gasteiger partial charge < -0.3 is 4.98 Å². The lowest BCUT2D eigenvalue weighted by atomic mass is 9.92. The van der Waals surface area contributed by atoms with E-state index in [4.69, 9.17) is 0 Å². The molecule has 0 aromatic carbocycles. The van der Waals surface area contributed by atoms with Crippen LogP contribution < -0.4 is 5.56 Å². The molecule has 0 radical (unpaired) electrons. The fourth-order valence-electron chi connectivity index (χ4n) is 5.63. The van der Waals surface area contributed by atoms with Gasteiger partial charge in [-0.1, -0.05) is 12.2 Å². The third-order valence-corrected chi connectivity index (χ3v) is 6.72. The Labute approximate surface area is 137 Å². The molecule has 1 N–H and O–H groups in total. The van der Waals surface area contributed by atoms with Crippen LogP contribution in [0.2, 0.25) is 0 Å². The Morgan fingerprint density at radius 3 is 2.78 bits per heavy atom. The lowest BCUT2D eigenvalue weighted by molar-refractivity contribution is 0.154. The zero-order valence-electron chi connectivity index (χ0n) is 13.8. The van der Waals surface area contributed by atoms with E-state index in [1.807, 2.05) is 6.92 Å². The Balaban J connectivity index is 1.42. The lowest BCUT2D eigenvalue weighted by Crippen LogP contribution is -2.41. The van der Waals surface area contributed by atoms with Crippen molar-refractivity contribution in [2.24, 2.45) is 17.8 Å². The molecular formula is C19H25N3O. The minimum Gasteiger partial charge on any atom is -0.311 e. The Morgan fingerprint density at radius 1 is 1.22 bits per heavy atom. The number of allylic oxidation sites excluding steroid dienone is 2. The van der Waals surface area contributed by atoms with Gasteiger partial charge in [-0.25, -0.2) is 4.98 Å². The highest BCUT2D eigenvalue weighted by molar-refractivity contribution is 5.24. The van der Waals surface area contributed by atoms with Crippen LogP contribution in [0.15, 0.2) is 16.9 Å². The second kappa shape index (κ2) is 5.04. The summed E-state index contributed by atoms with van der Waals surface area (Å²) >= 11 is 0. The molecule has 0 amide bonds. The summed E-state index contributed by atoms with van der Waals surface area (Å²) in [6, 6.07) is 1.15. The standard InChI is InChI=1S/C19H25N3O/c1-11-20-18-9-16-5-4-15(8-17(18)19(23)21-11)22(16)10-14-7-12-2-3-13(14)6-12/h2-3,12-16H,4-10H2,1H3,(H,20,21,23). The molecule has 5 rings (SSSR count). The van der Waals surface area contributed by atoms with Crippen LogP contribution in [0.3, 0.4) is 0 Å². The minimum absolute atomic E-state index is 0.0999. The number of hydrogen-bond acceptors (Lipinski definition) is 3. The minimum atomic E-state index is 0.0999. The molecular weight excluding hydrogens is 286 g/mol. The van der Waals surface area contributed by atoms with Gasteiger partial charge in [-0.15, -0.1) is 0 Å². The number of rotatable bonds is 2. The quantitative estimate of drug-likeness (QED) is 0.852. The van der Waals surface area contributed by atoms with E-state index < -0.39 is 0 Å². The number of nitrogens with zero attached hydrogens (tertiary/aromatic N) is 2. The molecule has 4 aliphatic rings. The number of aromatic amines is 1. The van der Waals surface area contributed by atoms with Gasteiger partial charge in [0.15, 0.2) is 0 Å². The first-order valence-corrected chi connectivity index (χ1v) is 9.20. The largest absolute Gasteiger partial charge is 0.311 e. The van der Waals surface area contributed by atoms with Crippen molar-refractivity contribution in [2.75, 3.05) is 6.54 Å². The number of nitrogens with one attached hydrogen (secondary N) is 1. The molecule has 23 heavy (non-hydrogen) atoms. The van der Waals surface area contributed by atoms with E-state index >= 15 is 0 Å². The normalized spacial score (nSPS) is 38.0. The Bertz CT molecular complexity index is 722. The topological polar surface area (TPSA) is 49.0 Å². The number of aromatic nitrogens is 2. The van der Waals surface area contributed by atoms with Crippen LogP contribution in [0.25, 0.3) is 0 Å². The average Bonchev–Trinajstić information content (AvgIpc) is 3.16. The molecule has 5 atom stereocenters. The summed E-state index contributed by atoms with van der Waals surface area (Å²) in [7, 11) is 0. The van der Waals surface area contributed by atoms with E-state index in [1.54, 1.807) is 0 Å². The van der Waals surface area contributed by atoms with Gasteiger partial charge in [0.1, 0.15) is 5.82 Å². The first-order chi connectivity index (χ1) is 11.2. The predicted octanol–water partition coefficient (Wildman–Crippen LogP) is 2.22. The first kappa shape index (κ1) is 14.0. The Morgan fingerprint density at radius 2 is 2.04 bits per heavy atom. The average molecular weight is 311 g/mol. The Hall–Kier alpha value is -1.42. The molecule has 3 heterocycles. The van der Waals surface area contributed by atoms with Crippen molar-refractivity contribution in [1.82, 2.24) is 14.9 Å². The van der Waals surface area contributed by atoms with Crippen LogP contribution >= 0.6 is 0 Å². The molecule has 0 spiro atoms. The molecule has 4 nitrogen and oxygen atoms in total. The van der Waals surface area contributed by atoms with Crippen LogP contribution in [-0.4, -0.2) is 33.5 Å². The van der Waals surface area contributed by atoms with Gasteiger partial charge >= 0.3 is 0 Å². The number of H-pyrrole nitrogens is 1. The third kappa shape index (κ3) is 2.22. The maximum absolute atomic E-state index is 12.3. The molecule has 122 valence electrons. The van der Waals surface area contributed by atoms with Crippen molar-refractivity contribution in [3.8, 4) is 0 Å². The molecule has 2 aliphatic heterocycles. The van der Waals surface area contributed by atoms with E-state index in [0.717, 1.165) is 47.7 Å². The molecule has 4 heteroatoms. The van der Waals surface area contributed by atoms with Crippen molar-refractivity contribution < 1.29 is 0 Å². The summed E-state index contributed by atoms with van der Waals surface area (Å²) in [5.41, 5.74) is 2.12. The third-order valence-electron chi connectivity index (χ3n) is 6.72. The van der Waals surface area contributed by atoms with Crippen molar-refractivity contribution in [3.63, 3.8) is 0 Å². The first-order valence-electron chi connectivity index (χ1n) is 9.20. The molecule has 2 fully saturated rings. The number of aryl methyl sites for hydroxylation is 1. The lowest BCUT2D eigenvalue weighted by Gasteiger charge is -2.32. The van der Waals surface area contributed by atoms with Crippen molar-refractivity contribution in [1.29, 1.82) is 0 Å². The van der Waals surface area contributed by atoms with E-state index in [0.29, 0.717) is 12.1 Å². The van der Waals surface area contributed by atoms with Crippen LogP contribution in [0.1, 0.15) is 42.8 Å². The summed E-state index contributed by atoms with van der Waals surface area (Å²) < 4.78 is 0. The SMILES string of the molecule is Cc1nc2c(c(=O)[nH]1)CC1CCC(C2)N1CC1CC2C=CC1C2. The van der Waals surface area contributed by atoms with Crippen LogP contribution in [0.4, 0.5) is 0 Å². The summed E-state index contributed by atoms with van der Waals surface area (Å²) in [5, 5.41) is 0. The molecule has 1 aromatic heterocycles. The zero-order valence-corrected chi connectivity index (χ0v) is 13.8. The Kier molecular flexibility index (Phi) is 3.06. The maximum Gasteiger partial charge on any atom is 0.254 e. The summed E-state index contributed by atoms with van der Waals surface area (Å²) in [5.74, 6) is 3.26. The van der Waals surface area contributed by atoms with Gasteiger partial charge in [-0.2, -0.15) is 0 Å². The molecule has 1 saturated heterocycles. The van der Waals surface area contributed by atoms with E-state index in [9.17, 15) is 4.79 Å². The predicted molar refractivity (Wildman–Crippen MR) is 89.4 cm³/mol. The summed E-state index contributed by atoms with van der Waals surface area (Å²) in [6.45, 7) is 3.12. The van der Waals surface area contributed by atoms with E-state index in [2.05, 4.69) is 27.0 Å². The molecule has 2 aliphatic carbocycles. The van der Waals surface area contributed by atoms with E-state index in [1.165, 1.54) is 32.2 Å². The second-order valence-corrected chi connectivity index (χ2v) is 8.11.